The van der Waals surface area contributed by atoms with E-state index in [1.165, 1.54) is 19.4 Å². The summed E-state index contributed by atoms with van der Waals surface area (Å²) >= 11 is 3.56. The van der Waals surface area contributed by atoms with Crippen molar-refractivity contribution in [3.05, 3.63) is 0 Å². The van der Waals surface area contributed by atoms with E-state index in [-0.39, 0.29) is 0 Å². The van der Waals surface area contributed by atoms with Gasteiger partial charge in [0.25, 0.3) is 0 Å². The van der Waals surface area contributed by atoms with E-state index in [0.29, 0.717) is 4.83 Å². The van der Waals surface area contributed by atoms with Crippen molar-refractivity contribution in [2.75, 3.05) is 33.9 Å². The van der Waals surface area contributed by atoms with Crippen molar-refractivity contribution in [1.29, 1.82) is 0 Å². The number of hydrogen-bond acceptors (Lipinski definition) is 2. The largest absolute Gasteiger partial charge is 0.383 e. The fraction of sp³-hybridized carbons (Fsp3) is 1.00. The van der Waals surface area contributed by atoms with Gasteiger partial charge in [-0.05, 0) is 20.0 Å². The van der Waals surface area contributed by atoms with Crippen molar-refractivity contribution in [2.24, 2.45) is 0 Å². The van der Waals surface area contributed by atoms with Gasteiger partial charge in [-0.25, -0.2) is 0 Å². The molecule has 0 fully saturated rings. The van der Waals surface area contributed by atoms with Crippen LogP contribution in [0.4, 0.5) is 0 Å². The summed E-state index contributed by atoms with van der Waals surface area (Å²) in [5, 5.41) is 0. The standard InChI is InChI=1S/C9H20BrNO/c1-4-5-6-11(2)7-9(10)8-12-3/h9H,4-8H2,1-3H3. The van der Waals surface area contributed by atoms with Crippen LogP contribution < -0.4 is 0 Å². The second kappa shape index (κ2) is 8.02. The minimum atomic E-state index is 0.462. The lowest BCUT2D eigenvalue weighted by Crippen LogP contribution is -2.29. The predicted octanol–water partition coefficient (Wildman–Crippen LogP) is 2.13. The Morgan fingerprint density at radius 3 is 2.67 bits per heavy atom. The molecule has 74 valence electrons. The first-order valence-electron chi connectivity index (χ1n) is 4.52. The number of nitrogens with zero attached hydrogens (tertiary/aromatic N) is 1. The fourth-order valence-electron chi connectivity index (χ4n) is 1.09. The molecular weight excluding hydrogens is 218 g/mol. The maximum atomic E-state index is 5.04. The zero-order valence-corrected chi connectivity index (χ0v) is 9.93. The Hall–Kier alpha value is 0.400. The van der Waals surface area contributed by atoms with E-state index in [9.17, 15) is 0 Å². The van der Waals surface area contributed by atoms with E-state index >= 15 is 0 Å². The minimum Gasteiger partial charge on any atom is -0.383 e. The Morgan fingerprint density at radius 1 is 1.50 bits per heavy atom. The molecule has 0 aliphatic rings. The molecule has 3 heteroatoms. The van der Waals surface area contributed by atoms with Crippen molar-refractivity contribution >= 4 is 15.9 Å². The SMILES string of the molecule is CCCCN(C)CC(Br)COC. The predicted molar refractivity (Wildman–Crippen MR) is 57.0 cm³/mol. The van der Waals surface area contributed by atoms with Crippen LogP contribution in [0.25, 0.3) is 0 Å². The summed E-state index contributed by atoms with van der Waals surface area (Å²) in [6.45, 7) is 5.25. The third kappa shape index (κ3) is 7.07. The summed E-state index contributed by atoms with van der Waals surface area (Å²) in [4.78, 5) is 2.80. The number of hydrogen-bond donors (Lipinski definition) is 0. The number of alkyl halides is 1. The Balaban J connectivity index is 3.33. The first-order chi connectivity index (χ1) is 5.70. The van der Waals surface area contributed by atoms with Crippen LogP contribution in [0.5, 0.6) is 0 Å². The topological polar surface area (TPSA) is 12.5 Å². The van der Waals surface area contributed by atoms with Crippen LogP contribution >= 0.6 is 15.9 Å². The van der Waals surface area contributed by atoms with Crippen LogP contribution in [0.2, 0.25) is 0 Å². The summed E-state index contributed by atoms with van der Waals surface area (Å²) in [6.07, 6.45) is 2.55. The maximum absolute atomic E-state index is 5.04. The second-order valence-corrected chi connectivity index (χ2v) is 4.46. The lowest BCUT2D eigenvalue weighted by molar-refractivity contribution is 0.186. The highest BCUT2D eigenvalue weighted by atomic mass is 79.9. The van der Waals surface area contributed by atoms with Gasteiger partial charge < -0.3 is 9.64 Å². The van der Waals surface area contributed by atoms with Gasteiger partial charge in [0, 0.05) is 13.7 Å². The monoisotopic (exact) mass is 237 g/mol. The van der Waals surface area contributed by atoms with Gasteiger partial charge >= 0.3 is 0 Å². The lowest BCUT2D eigenvalue weighted by atomic mass is 10.3. The number of halogens is 1. The zero-order valence-electron chi connectivity index (χ0n) is 8.35. The van der Waals surface area contributed by atoms with Crippen molar-refractivity contribution in [2.45, 2.75) is 24.6 Å². The van der Waals surface area contributed by atoms with Crippen molar-refractivity contribution in [3.63, 3.8) is 0 Å². The van der Waals surface area contributed by atoms with Gasteiger partial charge in [0.1, 0.15) is 0 Å². The van der Waals surface area contributed by atoms with E-state index in [1.54, 1.807) is 7.11 Å². The summed E-state index contributed by atoms with van der Waals surface area (Å²) in [6, 6.07) is 0. The van der Waals surface area contributed by atoms with E-state index in [1.807, 2.05) is 0 Å². The van der Waals surface area contributed by atoms with E-state index < -0.39 is 0 Å². The molecule has 0 radical (unpaired) electrons. The maximum Gasteiger partial charge on any atom is 0.0600 e. The fourth-order valence-corrected chi connectivity index (χ4v) is 1.85. The second-order valence-electron chi connectivity index (χ2n) is 3.17. The summed E-state index contributed by atoms with van der Waals surface area (Å²) in [5.74, 6) is 0. The molecule has 0 rings (SSSR count). The van der Waals surface area contributed by atoms with Crippen molar-refractivity contribution in [1.82, 2.24) is 4.90 Å². The van der Waals surface area contributed by atoms with E-state index in [4.69, 9.17) is 4.74 Å². The first-order valence-corrected chi connectivity index (χ1v) is 5.43. The molecule has 2 nitrogen and oxygen atoms in total. The number of ether oxygens (including phenoxy) is 1. The molecule has 0 amide bonds. The zero-order chi connectivity index (χ0) is 9.40. The van der Waals surface area contributed by atoms with Crippen LogP contribution in [-0.4, -0.2) is 43.6 Å². The smallest absolute Gasteiger partial charge is 0.0600 e. The van der Waals surface area contributed by atoms with Crippen LogP contribution in [0.3, 0.4) is 0 Å². The molecule has 0 saturated heterocycles. The quantitative estimate of drug-likeness (QED) is 0.630. The summed E-state index contributed by atoms with van der Waals surface area (Å²) in [7, 11) is 3.89. The molecule has 0 aliphatic heterocycles. The third-order valence-corrected chi connectivity index (χ3v) is 2.30. The minimum absolute atomic E-state index is 0.462. The van der Waals surface area contributed by atoms with Crippen LogP contribution in [0, 0.1) is 0 Å². The van der Waals surface area contributed by atoms with Gasteiger partial charge in [-0.15, -0.1) is 0 Å². The van der Waals surface area contributed by atoms with Crippen molar-refractivity contribution in [3.8, 4) is 0 Å². The van der Waals surface area contributed by atoms with Gasteiger partial charge in [0.2, 0.25) is 0 Å². The highest BCUT2D eigenvalue weighted by Gasteiger charge is 2.06. The third-order valence-electron chi connectivity index (χ3n) is 1.75. The molecule has 1 atom stereocenters. The molecule has 0 aliphatic carbocycles. The Bertz CT molecular complexity index is 101. The first kappa shape index (κ1) is 12.4. The summed E-state index contributed by atoms with van der Waals surface area (Å²) in [5.41, 5.74) is 0. The van der Waals surface area contributed by atoms with Crippen LogP contribution in [-0.2, 0) is 4.74 Å². The average Bonchev–Trinajstić information content (AvgIpc) is 2.01. The Kier molecular flexibility index (Phi) is 8.29. The molecule has 0 heterocycles. The highest BCUT2D eigenvalue weighted by molar-refractivity contribution is 9.09. The average molecular weight is 238 g/mol. The van der Waals surface area contributed by atoms with Gasteiger partial charge in [-0.2, -0.15) is 0 Å². The van der Waals surface area contributed by atoms with Gasteiger partial charge in [-0.3, -0.25) is 0 Å². The molecule has 0 aromatic heterocycles. The number of methoxy groups -OCH3 is 1. The summed E-state index contributed by atoms with van der Waals surface area (Å²) < 4.78 is 5.04. The molecule has 0 saturated carbocycles. The molecular formula is C9H20BrNO. The molecule has 0 aromatic rings. The number of unbranched alkanes of at least 4 members (excludes halogenated alkanes) is 1. The lowest BCUT2D eigenvalue weighted by Gasteiger charge is -2.19. The molecule has 0 N–H and O–H groups in total. The Morgan fingerprint density at radius 2 is 2.17 bits per heavy atom. The molecule has 0 aromatic carbocycles. The molecule has 0 spiro atoms. The van der Waals surface area contributed by atoms with Gasteiger partial charge in [-0.1, -0.05) is 29.3 Å². The molecule has 0 bridgehead atoms. The van der Waals surface area contributed by atoms with Gasteiger partial charge in [0.15, 0.2) is 0 Å². The van der Waals surface area contributed by atoms with E-state index in [2.05, 4.69) is 34.8 Å². The normalized spacial score (nSPS) is 13.8. The van der Waals surface area contributed by atoms with Crippen LogP contribution in [0.1, 0.15) is 19.8 Å². The van der Waals surface area contributed by atoms with Crippen LogP contribution in [0.15, 0.2) is 0 Å². The van der Waals surface area contributed by atoms with E-state index in [0.717, 1.165) is 13.2 Å². The Labute approximate surface area is 84.4 Å². The highest BCUT2D eigenvalue weighted by Crippen LogP contribution is 2.02. The molecule has 12 heavy (non-hydrogen) atoms. The molecule has 1 unspecified atom stereocenters. The van der Waals surface area contributed by atoms with Crippen molar-refractivity contribution < 1.29 is 4.74 Å². The number of rotatable bonds is 7. The van der Waals surface area contributed by atoms with Gasteiger partial charge in [0.05, 0.1) is 11.4 Å².